The summed E-state index contributed by atoms with van der Waals surface area (Å²) >= 11 is 0. The average Bonchev–Trinajstić information content (AvgIpc) is 3.03. The lowest BCUT2D eigenvalue weighted by Crippen LogP contribution is -2.37. The van der Waals surface area contributed by atoms with Crippen molar-refractivity contribution in [2.45, 2.75) is 55.6 Å². The van der Waals surface area contributed by atoms with Gasteiger partial charge < -0.3 is 14.9 Å². The van der Waals surface area contributed by atoms with Crippen molar-refractivity contribution in [2.24, 2.45) is 5.92 Å². The Morgan fingerprint density at radius 1 is 0.956 bits per heavy atom. The third kappa shape index (κ3) is 10.0. The topological polar surface area (TPSA) is 81.2 Å². The van der Waals surface area contributed by atoms with Crippen LogP contribution in [0.15, 0.2) is 89.8 Å². The van der Waals surface area contributed by atoms with Crippen molar-refractivity contribution in [1.29, 1.82) is 0 Å². The molecular weight excluding hydrogens is 603 g/mol. The van der Waals surface area contributed by atoms with Crippen molar-refractivity contribution in [3.05, 3.63) is 102 Å². The van der Waals surface area contributed by atoms with Crippen molar-refractivity contribution in [3.8, 4) is 0 Å². The van der Waals surface area contributed by atoms with E-state index in [1.807, 2.05) is 18.2 Å². The molecule has 0 spiro atoms. The van der Waals surface area contributed by atoms with Crippen LogP contribution in [0.4, 0.5) is 18.0 Å². The molecule has 11 heteroatoms. The lowest BCUT2D eigenvalue weighted by molar-refractivity contribution is -0.137. The van der Waals surface area contributed by atoms with Crippen molar-refractivity contribution < 1.29 is 31.5 Å². The standard InChI is InChI=1S/C34H42F3N3O4S/c1-38(45(43,44)32-12-6-3-7-13-32)26-30(29-10-4-2-5-11-29)20-24-39-22-18-27(19-23-39)9-8-21-40(33(41)42)25-28-14-16-31(17-15-28)34(35,36)37/h2-7,10-17,27,30H,8-9,18-26H2,1H3,(H,41,42). The SMILES string of the molecule is CN(CC(CCN1CCC(CCCN(Cc2ccc(C(F)(F)F)cc2)C(=O)O)CC1)c1ccccc1)S(=O)(=O)c1ccccc1. The summed E-state index contributed by atoms with van der Waals surface area (Å²) in [7, 11) is -1.96. The predicted octanol–water partition coefficient (Wildman–Crippen LogP) is 7.17. The largest absolute Gasteiger partial charge is 0.465 e. The summed E-state index contributed by atoms with van der Waals surface area (Å²) in [6.07, 6.45) is -1.10. The van der Waals surface area contributed by atoms with Gasteiger partial charge in [0.2, 0.25) is 10.0 Å². The second-order valence-corrected chi connectivity index (χ2v) is 13.9. The van der Waals surface area contributed by atoms with Crippen LogP contribution in [-0.4, -0.2) is 73.5 Å². The summed E-state index contributed by atoms with van der Waals surface area (Å²) in [6.45, 7) is 3.47. The molecule has 1 atom stereocenters. The Morgan fingerprint density at radius 2 is 1.56 bits per heavy atom. The minimum Gasteiger partial charge on any atom is -0.465 e. The monoisotopic (exact) mass is 645 g/mol. The van der Waals surface area contributed by atoms with Gasteiger partial charge in [-0.3, -0.25) is 0 Å². The van der Waals surface area contributed by atoms with Gasteiger partial charge >= 0.3 is 12.3 Å². The van der Waals surface area contributed by atoms with Crippen LogP contribution in [0.25, 0.3) is 0 Å². The van der Waals surface area contributed by atoms with Gasteiger partial charge in [0.05, 0.1) is 10.5 Å². The highest BCUT2D eigenvalue weighted by Gasteiger charge is 2.30. The maximum atomic E-state index is 13.2. The molecule has 0 aromatic heterocycles. The van der Waals surface area contributed by atoms with Gasteiger partial charge in [0.1, 0.15) is 0 Å². The van der Waals surface area contributed by atoms with E-state index >= 15 is 0 Å². The molecule has 1 saturated heterocycles. The van der Waals surface area contributed by atoms with Crippen molar-refractivity contribution in [3.63, 3.8) is 0 Å². The molecule has 244 valence electrons. The zero-order chi connectivity index (χ0) is 32.5. The fourth-order valence-corrected chi connectivity index (χ4v) is 7.18. The Bertz CT molecular complexity index is 1450. The van der Waals surface area contributed by atoms with Crippen LogP contribution in [0.3, 0.4) is 0 Å². The third-order valence-corrected chi connectivity index (χ3v) is 10.5. The van der Waals surface area contributed by atoms with Gasteiger partial charge in [-0.15, -0.1) is 0 Å². The average molecular weight is 646 g/mol. The molecular formula is C34H42F3N3O4S. The number of sulfonamides is 1. The predicted molar refractivity (Wildman–Crippen MR) is 168 cm³/mol. The first-order chi connectivity index (χ1) is 21.4. The van der Waals surface area contributed by atoms with Crippen LogP contribution < -0.4 is 0 Å². The Balaban J connectivity index is 1.24. The number of amides is 1. The molecule has 3 aromatic carbocycles. The molecule has 0 aliphatic carbocycles. The minimum atomic E-state index is -4.42. The molecule has 0 bridgehead atoms. The molecule has 1 aliphatic heterocycles. The number of piperidine rings is 1. The van der Waals surface area contributed by atoms with E-state index in [1.165, 1.54) is 21.3 Å². The first kappa shape index (κ1) is 34.5. The van der Waals surface area contributed by atoms with E-state index in [4.69, 9.17) is 0 Å². The molecule has 1 unspecified atom stereocenters. The molecule has 1 N–H and O–H groups in total. The Hall–Kier alpha value is -3.41. The molecule has 4 rings (SSSR count). The number of alkyl halides is 3. The number of carbonyl (C=O) groups is 1. The summed E-state index contributed by atoms with van der Waals surface area (Å²) in [5.74, 6) is 0.522. The van der Waals surface area contributed by atoms with Gasteiger partial charge in [0.15, 0.2) is 0 Å². The number of hydrogen-bond donors (Lipinski definition) is 1. The molecule has 1 fully saturated rings. The van der Waals surface area contributed by atoms with E-state index in [0.29, 0.717) is 31.0 Å². The van der Waals surface area contributed by atoms with Crippen molar-refractivity contribution in [2.75, 3.05) is 39.8 Å². The second kappa shape index (κ2) is 15.7. The highest BCUT2D eigenvalue weighted by molar-refractivity contribution is 7.89. The quantitative estimate of drug-likeness (QED) is 0.201. The number of nitrogens with zero attached hydrogens (tertiary/aromatic N) is 3. The number of likely N-dealkylation sites (N-methyl/N-ethyl adjacent to an activating group) is 1. The van der Waals surface area contributed by atoms with Crippen LogP contribution in [-0.2, 0) is 22.7 Å². The van der Waals surface area contributed by atoms with Crippen LogP contribution in [0.1, 0.15) is 54.7 Å². The highest BCUT2D eigenvalue weighted by atomic mass is 32.2. The van der Waals surface area contributed by atoms with Crippen LogP contribution >= 0.6 is 0 Å². The van der Waals surface area contributed by atoms with E-state index < -0.39 is 27.9 Å². The van der Waals surface area contributed by atoms with Gasteiger partial charge in [0.25, 0.3) is 0 Å². The molecule has 0 radical (unpaired) electrons. The minimum absolute atomic E-state index is 0.0408. The van der Waals surface area contributed by atoms with Crippen molar-refractivity contribution >= 4 is 16.1 Å². The lowest BCUT2D eigenvalue weighted by Gasteiger charge is -2.33. The van der Waals surface area contributed by atoms with Gasteiger partial charge in [-0.05, 0) is 99.0 Å². The first-order valence-electron chi connectivity index (χ1n) is 15.4. The van der Waals surface area contributed by atoms with E-state index in [9.17, 15) is 31.5 Å². The summed E-state index contributed by atoms with van der Waals surface area (Å²) in [5, 5.41) is 9.64. The number of carboxylic acid groups (broad SMARTS) is 1. The zero-order valence-corrected chi connectivity index (χ0v) is 26.4. The van der Waals surface area contributed by atoms with Crippen LogP contribution in [0.2, 0.25) is 0 Å². The van der Waals surface area contributed by atoms with Gasteiger partial charge in [-0.25, -0.2) is 17.5 Å². The number of hydrogen-bond acceptors (Lipinski definition) is 4. The third-order valence-electron chi connectivity index (χ3n) is 8.67. The molecule has 45 heavy (non-hydrogen) atoms. The molecule has 0 saturated carbocycles. The van der Waals surface area contributed by atoms with Gasteiger partial charge in [-0.2, -0.15) is 13.2 Å². The first-order valence-corrected chi connectivity index (χ1v) is 16.8. The normalized spacial score (nSPS) is 15.7. The van der Waals surface area contributed by atoms with E-state index in [-0.39, 0.29) is 17.4 Å². The fourth-order valence-electron chi connectivity index (χ4n) is 5.94. The summed E-state index contributed by atoms with van der Waals surface area (Å²) in [6, 6.07) is 23.1. The zero-order valence-electron chi connectivity index (χ0n) is 25.6. The Labute approximate surface area is 264 Å². The molecule has 1 heterocycles. The Morgan fingerprint density at radius 3 is 2.13 bits per heavy atom. The maximum absolute atomic E-state index is 13.2. The van der Waals surface area contributed by atoms with Gasteiger partial charge in [-0.1, -0.05) is 60.7 Å². The number of rotatable bonds is 14. The summed E-state index contributed by atoms with van der Waals surface area (Å²) in [5.41, 5.74) is 0.886. The van der Waals surface area contributed by atoms with Crippen LogP contribution in [0, 0.1) is 5.92 Å². The summed E-state index contributed by atoms with van der Waals surface area (Å²) in [4.78, 5) is 15.7. The number of benzene rings is 3. The smallest absolute Gasteiger partial charge is 0.416 e. The number of likely N-dealkylation sites (tertiary alicyclic amines) is 1. The summed E-state index contributed by atoms with van der Waals surface area (Å²) < 4.78 is 66.3. The second-order valence-electron chi connectivity index (χ2n) is 11.8. The van der Waals surface area contributed by atoms with Gasteiger partial charge in [0, 0.05) is 26.7 Å². The molecule has 7 nitrogen and oxygen atoms in total. The van der Waals surface area contributed by atoms with E-state index in [1.54, 1.807) is 37.4 Å². The molecule has 1 amide bonds. The highest BCUT2D eigenvalue weighted by Crippen LogP contribution is 2.30. The van der Waals surface area contributed by atoms with Crippen molar-refractivity contribution in [1.82, 2.24) is 14.1 Å². The number of halogens is 3. The lowest BCUT2D eigenvalue weighted by atomic mass is 9.91. The maximum Gasteiger partial charge on any atom is 0.416 e. The fraction of sp³-hybridized carbons (Fsp3) is 0.441. The Kier molecular flexibility index (Phi) is 12.0. The van der Waals surface area contributed by atoms with E-state index in [0.717, 1.165) is 63.0 Å². The van der Waals surface area contributed by atoms with E-state index in [2.05, 4.69) is 17.0 Å². The molecule has 3 aromatic rings. The molecule has 1 aliphatic rings. The van der Waals surface area contributed by atoms with Crippen LogP contribution in [0.5, 0.6) is 0 Å².